The summed E-state index contributed by atoms with van der Waals surface area (Å²) in [5, 5.41) is 3.44. The molecule has 134 valence electrons. The number of benzene rings is 1. The number of carbonyl (C=O) groups is 1. The lowest BCUT2D eigenvalue weighted by Gasteiger charge is -2.26. The maximum Gasteiger partial charge on any atom is 0.260 e. The van der Waals surface area contributed by atoms with E-state index in [2.05, 4.69) is 19.2 Å². The summed E-state index contributed by atoms with van der Waals surface area (Å²) in [6.07, 6.45) is 1.09. The molecular formula is C18H28N2O4. The molecule has 1 aliphatic rings. The van der Waals surface area contributed by atoms with Crippen LogP contribution in [0.1, 0.15) is 25.8 Å². The monoisotopic (exact) mass is 336 g/mol. The first-order valence-corrected chi connectivity index (χ1v) is 8.52. The molecule has 0 bridgehead atoms. The van der Waals surface area contributed by atoms with Gasteiger partial charge in [-0.25, -0.2) is 0 Å². The van der Waals surface area contributed by atoms with Crippen molar-refractivity contribution in [1.29, 1.82) is 0 Å². The van der Waals surface area contributed by atoms with Gasteiger partial charge in [0, 0.05) is 25.7 Å². The van der Waals surface area contributed by atoms with E-state index in [9.17, 15) is 4.79 Å². The van der Waals surface area contributed by atoms with E-state index in [1.807, 2.05) is 18.2 Å². The first-order chi connectivity index (χ1) is 11.6. The van der Waals surface area contributed by atoms with Crippen LogP contribution < -0.4 is 14.8 Å². The summed E-state index contributed by atoms with van der Waals surface area (Å²) in [5.41, 5.74) is 1.12. The Labute approximate surface area is 144 Å². The molecule has 1 aromatic rings. The van der Waals surface area contributed by atoms with Crippen molar-refractivity contribution in [2.24, 2.45) is 0 Å². The molecule has 24 heavy (non-hydrogen) atoms. The van der Waals surface area contributed by atoms with Crippen LogP contribution in [0.15, 0.2) is 18.2 Å². The number of rotatable bonds is 8. The number of amides is 1. The summed E-state index contributed by atoms with van der Waals surface area (Å²) < 4.78 is 16.3. The number of hydrogen-bond acceptors (Lipinski definition) is 5. The van der Waals surface area contributed by atoms with Gasteiger partial charge in [0.15, 0.2) is 18.1 Å². The second-order valence-corrected chi connectivity index (χ2v) is 5.96. The van der Waals surface area contributed by atoms with Crippen LogP contribution in [0, 0.1) is 0 Å². The highest BCUT2D eigenvalue weighted by Gasteiger charge is 2.18. The van der Waals surface area contributed by atoms with Crippen LogP contribution in [0.25, 0.3) is 0 Å². The van der Waals surface area contributed by atoms with E-state index in [4.69, 9.17) is 14.2 Å². The largest absolute Gasteiger partial charge is 0.493 e. The molecule has 1 saturated heterocycles. The summed E-state index contributed by atoms with van der Waals surface area (Å²) in [6.45, 7) is 7.53. The van der Waals surface area contributed by atoms with Crippen LogP contribution in [0.3, 0.4) is 0 Å². The molecule has 0 aromatic heterocycles. The normalized spacial score (nSPS) is 15.9. The highest BCUT2D eigenvalue weighted by Crippen LogP contribution is 2.28. The second kappa shape index (κ2) is 9.49. The highest BCUT2D eigenvalue weighted by atomic mass is 16.5. The minimum atomic E-state index is -0.0251. The van der Waals surface area contributed by atoms with Crippen molar-refractivity contribution < 1.29 is 19.0 Å². The van der Waals surface area contributed by atoms with E-state index in [1.165, 1.54) is 0 Å². The smallest absolute Gasteiger partial charge is 0.260 e. The van der Waals surface area contributed by atoms with Crippen molar-refractivity contribution >= 4 is 5.91 Å². The summed E-state index contributed by atoms with van der Waals surface area (Å²) in [6, 6.07) is 6.27. The summed E-state index contributed by atoms with van der Waals surface area (Å²) in [5.74, 6) is 1.21. The van der Waals surface area contributed by atoms with Gasteiger partial charge in [-0.1, -0.05) is 13.0 Å². The van der Waals surface area contributed by atoms with Gasteiger partial charge in [0.25, 0.3) is 5.91 Å². The Balaban J connectivity index is 1.90. The lowest BCUT2D eigenvalue weighted by molar-refractivity contribution is -0.137. The number of ether oxygens (including phenoxy) is 3. The molecule has 1 aliphatic heterocycles. The van der Waals surface area contributed by atoms with Crippen LogP contribution in [0.5, 0.6) is 11.5 Å². The fourth-order valence-electron chi connectivity index (χ4n) is 2.42. The zero-order valence-corrected chi connectivity index (χ0v) is 14.8. The molecule has 0 spiro atoms. The van der Waals surface area contributed by atoms with Crippen LogP contribution in [-0.2, 0) is 16.1 Å². The van der Waals surface area contributed by atoms with E-state index >= 15 is 0 Å². The van der Waals surface area contributed by atoms with Gasteiger partial charge in [-0.15, -0.1) is 0 Å². The number of carbonyl (C=O) groups excluding carboxylic acids is 1. The molecule has 0 radical (unpaired) electrons. The van der Waals surface area contributed by atoms with Crippen molar-refractivity contribution in [3.8, 4) is 11.5 Å². The van der Waals surface area contributed by atoms with Gasteiger partial charge in [0.1, 0.15) is 0 Å². The van der Waals surface area contributed by atoms with Gasteiger partial charge in [-0.2, -0.15) is 0 Å². The molecule has 1 amide bonds. The van der Waals surface area contributed by atoms with Crippen molar-refractivity contribution in [1.82, 2.24) is 10.2 Å². The lowest BCUT2D eigenvalue weighted by atomic mass is 10.1. The maximum atomic E-state index is 12.1. The van der Waals surface area contributed by atoms with Gasteiger partial charge >= 0.3 is 0 Å². The van der Waals surface area contributed by atoms with E-state index in [1.54, 1.807) is 12.0 Å². The van der Waals surface area contributed by atoms with Crippen molar-refractivity contribution in [2.75, 3.05) is 40.0 Å². The molecule has 1 fully saturated rings. The number of nitrogens with one attached hydrogen (secondary N) is 1. The number of morpholine rings is 1. The molecule has 1 unspecified atom stereocenters. The Morgan fingerprint density at radius 2 is 2.08 bits per heavy atom. The minimum absolute atomic E-state index is 0.0147. The third kappa shape index (κ3) is 5.39. The molecule has 2 rings (SSSR count). The third-order valence-corrected chi connectivity index (χ3v) is 4.21. The van der Waals surface area contributed by atoms with Crippen LogP contribution in [0.2, 0.25) is 0 Å². The Morgan fingerprint density at radius 1 is 1.33 bits per heavy atom. The van der Waals surface area contributed by atoms with Crippen molar-refractivity contribution in [2.45, 2.75) is 32.9 Å². The second-order valence-electron chi connectivity index (χ2n) is 5.96. The summed E-state index contributed by atoms with van der Waals surface area (Å²) in [7, 11) is 1.61. The zero-order chi connectivity index (χ0) is 17.4. The maximum absolute atomic E-state index is 12.1. The van der Waals surface area contributed by atoms with E-state index in [0.717, 1.165) is 18.5 Å². The van der Waals surface area contributed by atoms with Gasteiger partial charge < -0.3 is 24.4 Å². The number of nitrogens with zero attached hydrogens (tertiary/aromatic N) is 1. The van der Waals surface area contributed by atoms with Gasteiger partial charge in [0.05, 0.1) is 20.3 Å². The van der Waals surface area contributed by atoms with Crippen molar-refractivity contribution in [3.05, 3.63) is 23.8 Å². The average molecular weight is 336 g/mol. The molecule has 6 nitrogen and oxygen atoms in total. The Bertz CT molecular complexity index is 530. The van der Waals surface area contributed by atoms with E-state index in [0.29, 0.717) is 43.8 Å². The standard InChI is InChI=1S/C18H28N2O4/c1-4-14(2)19-12-15-5-6-16(17(11-15)22-3)24-13-18(21)20-7-9-23-10-8-20/h5-6,11,14,19H,4,7-10,12-13H2,1-3H3. The Kier molecular flexibility index (Phi) is 7.34. The van der Waals surface area contributed by atoms with Crippen LogP contribution >= 0.6 is 0 Å². The Morgan fingerprint density at radius 3 is 2.75 bits per heavy atom. The lowest BCUT2D eigenvalue weighted by Crippen LogP contribution is -2.43. The molecular weight excluding hydrogens is 308 g/mol. The molecule has 1 heterocycles. The first kappa shape index (κ1) is 18.5. The number of methoxy groups -OCH3 is 1. The number of hydrogen-bond donors (Lipinski definition) is 1. The highest BCUT2D eigenvalue weighted by molar-refractivity contribution is 5.78. The molecule has 0 aliphatic carbocycles. The summed E-state index contributed by atoms with van der Waals surface area (Å²) >= 11 is 0. The zero-order valence-electron chi connectivity index (χ0n) is 14.8. The van der Waals surface area contributed by atoms with E-state index in [-0.39, 0.29) is 12.5 Å². The third-order valence-electron chi connectivity index (χ3n) is 4.21. The fraction of sp³-hybridized carbons (Fsp3) is 0.611. The van der Waals surface area contributed by atoms with Crippen LogP contribution in [0.4, 0.5) is 0 Å². The molecule has 1 aromatic carbocycles. The van der Waals surface area contributed by atoms with Gasteiger partial charge in [-0.05, 0) is 31.0 Å². The van der Waals surface area contributed by atoms with Gasteiger partial charge in [0.2, 0.25) is 0 Å². The first-order valence-electron chi connectivity index (χ1n) is 8.52. The quantitative estimate of drug-likeness (QED) is 0.785. The van der Waals surface area contributed by atoms with Gasteiger partial charge in [-0.3, -0.25) is 4.79 Å². The van der Waals surface area contributed by atoms with Crippen molar-refractivity contribution in [3.63, 3.8) is 0 Å². The SMILES string of the molecule is CCC(C)NCc1ccc(OCC(=O)N2CCOCC2)c(OC)c1. The van der Waals surface area contributed by atoms with Crippen LogP contribution in [-0.4, -0.2) is 56.9 Å². The molecule has 1 atom stereocenters. The molecule has 0 saturated carbocycles. The molecule has 6 heteroatoms. The average Bonchev–Trinajstić information content (AvgIpc) is 2.64. The van der Waals surface area contributed by atoms with E-state index < -0.39 is 0 Å². The minimum Gasteiger partial charge on any atom is -0.493 e. The predicted molar refractivity (Wildman–Crippen MR) is 92.5 cm³/mol. The molecule has 1 N–H and O–H groups in total. The topological polar surface area (TPSA) is 60.0 Å². The Hall–Kier alpha value is -1.79. The summed E-state index contributed by atoms with van der Waals surface area (Å²) in [4.78, 5) is 13.9. The fourth-order valence-corrected chi connectivity index (χ4v) is 2.42. The predicted octanol–water partition coefficient (Wildman–Crippen LogP) is 1.82.